The fourth-order valence-electron chi connectivity index (χ4n) is 8.50. The molecule has 0 aliphatic rings. The lowest BCUT2D eigenvalue weighted by Crippen LogP contribution is -2.08. The fraction of sp³-hybridized carbons (Fsp3) is 0.217. The minimum atomic E-state index is -4.47. The number of hydrogen-bond donors (Lipinski definition) is 0. The third-order valence-corrected chi connectivity index (χ3v) is 21.6. The molecule has 600 valence electrons. The van der Waals surface area contributed by atoms with E-state index >= 15 is 0 Å². The van der Waals surface area contributed by atoms with Crippen LogP contribution in [0.3, 0.4) is 0 Å². The molecule has 0 aliphatic heterocycles. The van der Waals surface area contributed by atoms with Crippen molar-refractivity contribution in [2.45, 2.75) is 131 Å². The van der Waals surface area contributed by atoms with Crippen molar-refractivity contribution in [1.29, 1.82) is 0 Å². The van der Waals surface area contributed by atoms with Crippen molar-refractivity contribution in [2.75, 3.05) is 7.11 Å². The summed E-state index contributed by atoms with van der Waals surface area (Å²) in [6, 6.07) is 62.3. The van der Waals surface area contributed by atoms with Gasteiger partial charge < -0.3 is 4.74 Å². The van der Waals surface area contributed by atoms with E-state index in [2.05, 4.69) is 80.9 Å². The van der Waals surface area contributed by atoms with Gasteiger partial charge in [-0.15, -0.1) is 0 Å². The van der Waals surface area contributed by atoms with Gasteiger partial charge in [0.2, 0.25) is 0 Å². The Kier molecular flexibility index (Phi) is 48.8. The van der Waals surface area contributed by atoms with Crippen LogP contribution in [0.4, 0.5) is 39.5 Å². The molecule has 0 spiro atoms. The molecule has 0 amide bonds. The van der Waals surface area contributed by atoms with E-state index in [4.69, 9.17) is 109 Å². The summed E-state index contributed by atoms with van der Waals surface area (Å²) in [4.78, 5) is 0. The SMILES string of the molecule is COc1cccc(Cl)c1C.Cc1c(Cl)cccc1Br.Cc1c(Cl)cccc1Cl.Cc1c(F)cccc1C(F)(F)F.Cc1c(F)cccc1Cl.Cc1c(F)cccc1F.Cc1cccc(C)c1C.Cc1cccc(C)c1Cl.Cc1cccc(Cl)c1C.Cc1cccc(Cl)c1C.Cc1cccc(F)c1C.Cc1cccc(F)c1Cl. The van der Waals surface area contributed by atoms with Crippen LogP contribution in [0.15, 0.2) is 223 Å². The predicted octanol–water partition coefficient (Wildman–Crippen LogP) is 34.3. The lowest BCUT2D eigenvalue weighted by atomic mass is 10.1. The molecule has 0 unspecified atom stereocenters. The Labute approximate surface area is 711 Å². The van der Waals surface area contributed by atoms with Crippen LogP contribution in [-0.2, 0) is 6.18 Å². The van der Waals surface area contributed by atoms with Gasteiger partial charge in [0, 0.05) is 61.3 Å². The van der Waals surface area contributed by atoms with Gasteiger partial charge in [0.1, 0.15) is 40.7 Å². The van der Waals surface area contributed by atoms with Crippen molar-refractivity contribution in [3.63, 3.8) is 0 Å². The van der Waals surface area contributed by atoms with E-state index < -0.39 is 29.2 Å². The van der Waals surface area contributed by atoms with Gasteiger partial charge in [-0.3, -0.25) is 0 Å². The summed E-state index contributed by atoms with van der Waals surface area (Å²) in [7, 11) is 1.64. The van der Waals surface area contributed by atoms with Gasteiger partial charge in [0.15, 0.2) is 0 Å². The summed E-state index contributed by atoms with van der Waals surface area (Å²) < 4.78 is 117. The average molecular weight is 1780 g/mol. The molecule has 20 heteroatoms. The number of alkyl halides is 3. The molecule has 0 atom stereocenters. The Morgan fingerprint density at radius 3 is 0.750 bits per heavy atom. The number of aryl methyl sites for hydroxylation is 8. The van der Waals surface area contributed by atoms with Crippen molar-refractivity contribution in [2.24, 2.45) is 0 Å². The first kappa shape index (κ1) is 103. The van der Waals surface area contributed by atoms with Crippen LogP contribution in [0.5, 0.6) is 5.75 Å². The van der Waals surface area contributed by atoms with Crippen LogP contribution in [0.1, 0.15) is 106 Å². The molecule has 12 aromatic rings. The van der Waals surface area contributed by atoms with E-state index in [0.29, 0.717) is 10.6 Å². The maximum Gasteiger partial charge on any atom is 0.416 e. The maximum absolute atomic E-state index is 12.6. The topological polar surface area (TPSA) is 9.23 Å². The maximum atomic E-state index is 12.6. The van der Waals surface area contributed by atoms with Crippen molar-refractivity contribution >= 4 is 120 Å². The first-order valence-electron chi connectivity index (χ1n) is 34.4. The number of methoxy groups -OCH3 is 1. The zero-order chi connectivity index (χ0) is 85.4. The Morgan fingerprint density at radius 2 is 0.482 bits per heavy atom. The molecule has 112 heavy (non-hydrogen) atoms. The van der Waals surface area contributed by atoms with E-state index in [1.54, 1.807) is 58.2 Å². The second-order valence-corrected chi connectivity index (χ2v) is 29.5. The highest BCUT2D eigenvalue weighted by Gasteiger charge is 2.33. The standard InChI is InChI=1S/C9H12.C8H9ClO.3C8H9Cl.C8H6F4.C8H9F.C7H6BrCl.C7H6Cl2.2C7H6ClF.C7H6F2/c1-7-5-4-6-8(2)9(7)3;1-6-7(9)4-3-5-8(6)10-2;2*1-6-4-3-5-8(9)7(6)2;1-6-4-3-5-7(2)8(6)9;1-5-6(8(10,11)12)3-2-4-7(5)9;1-6-4-3-5-8(9)7(6)2;3*1-5-6(8)3-2-4-7(5)9;1-5-3-2-4-6(9)7(5)8;1-5-6(8)3-2-4-7(5)9/h4-6H,1-3H3;3-5H,1-2H3;3*3-5H,1-2H3;2-4H,1H3;3-5H,1-2H3;5*2-4H,1H3. The summed E-state index contributed by atoms with van der Waals surface area (Å²) >= 11 is 55.0. The molecule has 0 saturated heterocycles. The molecule has 12 rings (SSSR count). The second-order valence-electron chi connectivity index (χ2n) is 25.0. The summed E-state index contributed by atoms with van der Waals surface area (Å²) in [5.74, 6) is -1.68. The fourth-order valence-corrected chi connectivity index (χ4v) is 10.6. The Morgan fingerprint density at radius 1 is 0.232 bits per heavy atom. The Hall–Kier alpha value is -7.10. The molecule has 0 fully saturated rings. The molecule has 12 aromatic carbocycles. The van der Waals surface area contributed by atoms with Crippen LogP contribution in [-0.4, -0.2) is 7.11 Å². The summed E-state index contributed by atoms with van der Waals surface area (Å²) in [5, 5.41) is 6.31. The van der Waals surface area contributed by atoms with Crippen molar-refractivity contribution in [3.8, 4) is 5.75 Å². The van der Waals surface area contributed by atoms with E-state index in [9.17, 15) is 39.5 Å². The van der Waals surface area contributed by atoms with Crippen LogP contribution < -0.4 is 4.74 Å². The lowest BCUT2D eigenvalue weighted by Gasteiger charge is -2.09. The van der Waals surface area contributed by atoms with Gasteiger partial charge in [0.05, 0.1) is 17.7 Å². The van der Waals surface area contributed by atoms with Crippen molar-refractivity contribution < 1.29 is 44.3 Å². The van der Waals surface area contributed by atoms with Crippen molar-refractivity contribution in [1.82, 2.24) is 0 Å². The van der Waals surface area contributed by atoms with E-state index in [1.807, 2.05) is 159 Å². The van der Waals surface area contributed by atoms with Crippen LogP contribution in [0.25, 0.3) is 0 Å². The normalized spacial score (nSPS) is 9.88. The third-order valence-electron chi connectivity index (χ3n) is 16.8. The summed E-state index contributed by atoms with van der Waals surface area (Å²) in [6.07, 6.45) is -4.47. The molecule has 0 aromatic heterocycles. The summed E-state index contributed by atoms with van der Waals surface area (Å²) in [6.45, 7) is 34.0. The van der Waals surface area contributed by atoms with Crippen LogP contribution in [0.2, 0.25) is 45.2 Å². The highest BCUT2D eigenvalue weighted by Crippen LogP contribution is 2.33. The molecule has 1 nitrogen and oxygen atoms in total. The Balaban J connectivity index is 0.000000611. The average Bonchev–Trinajstić information content (AvgIpc) is 0.826. The molecule has 0 N–H and O–H groups in total. The van der Waals surface area contributed by atoms with Gasteiger partial charge in [0.25, 0.3) is 0 Å². The minimum Gasteiger partial charge on any atom is -0.496 e. The third kappa shape index (κ3) is 37.5. The number of hydrogen-bond acceptors (Lipinski definition) is 1. The Bertz CT molecular complexity index is 3870. The largest absolute Gasteiger partial charge is 0.496 e. The smallest absolute Gasteiger partial charge is 0.416 e. The van der Waals surface area contributed by atoms with Gasteiger partial charge in [-0.1, -0.05) is 242 Å². The molecule has 0 aliphatic carbocycles. The number of halogens is 19. The molecule has 0 saturated carbocycles. The zero-order valence-electron chi connectivity index (χ0n) is 65.9. The minimum absolute atomic E-state index is 0.0810. The molecule has 0 bridgehead atoms. The zero-order valence-corrected chi connectivity index (χ0v) is 74.3. The van der Waals surface area contributed by atoms with Gasteiger partial charge >= 0.3 is 6.18 Å². The first-order valence-corrected chi connectivity index (χ1v) is 38.6. The van der Waals surface area contributed by atoms with Crippen molar-refractivity contribution in [3.05, 3.63) is 409 Å². The van der Waals surface area contributed by atoms with Gasteiger partial charge in [-0.05, 0) is 305 Å². The quantitative estimate of drug-likeness (QED) is 0.149. The number of rotatable bonds is 1. The van der Waals surface area contributed by atoms with Crippen LogP contribution >= 0.6 is 120 Å². The number of ether oxygens (including phenoxy) is 1. The molecule has 0 radical (unpaired) electrons. The van der Waals surface area contributed by atoms with E-state index in [-0.39, 0.29) is 33.6 Å². The highest BCUT2D eigenvalue weighted by molar-refractivity contribution is 9.10. The van der Waals surface area contributed by atoms with Gasteiger partial charge in [-0.2, -0.15) is 13.2 Å². The number of benzene rings is 12. The van der Waals surface area contributed by atoms with Gasteiger partial charge in [-0.25, -0.2) is 26.3 Å². The molecular formula is C92H93BrCl9F9O. The van der Waals surface area contributed by atoms with E-state index in [0.717, 1.165) is 115 Å². The summed E-state index contributed by atoms with van der Waals surface area (Å²) in [5.41, 5.74) is 16.2. The van der Waals surface area contributed by atoms with E-state index in [1.165, 1.54) is 82.3 Å². The lowest BCUT2D eigenvalue weighted by molar-refractivity contribution is -0.138. The molecule has 0 heterocycles. The first-order chi connectivity index (χ1) is 52.3. The monoisotopic (exact) mass is 1780 g/mol. The van der Waals surface area contributed by atoms with Crippen LogP contribution in [0, 0.1) is 160 Å². The second kappa shape index (κ2) is 53.1. The molecular weight excluding hydrogens is 1690 g/mol. The predicted molar refractivity (Wildman–Crippen MR) is 467 cm³/mol. The highest BCUT2D eigenvalue weighted by atomic mass is 79.9.